The summed E-state index contributed by atoms with van der Waals surface area (Å²) in [5.41, 5.74) is 0. The van der Waals surface area contributed by atoms with Crippen LogP contribution in [0.15, 0.2) is 0 Å². The minimum absolute atomic E-state index is 2.45. The minimum Gasteiger partial charge on any atom is -0.481 e. The van der Waals surface area contributed by atoms with Gasteiger partial charge < -0.3 is 5.11 Å². The van der Waals surface area contributed by atoms with Crippen molar-refractivity contribution in [2.24, 2.45) is 0 Å². The molecule has 0 spiro atoms. The molecule has 2 nitrogen and oxygen atoms in total. The Labute approximate surface area is 211 Å². The molecule has 0 atom stereocenters. The predicted octanol–water partition coefficient (Wildman–Crippen LogP) is 8.40. The number of alkyl halides is 25. The molecule has 0 aromatic heterocycles. The van der Waals surface area contributed by atoms with Crippen LogP contribution in [0.3, 0.4) is 0 Å². The van der Waals surface area contributed by atoms with Gasteiger partial charge in [-0.3, -0.25) is 4.79 Å². The third-order valence-corrected chi connectivity index (χ3v) is 5.02. The van der Waals surface area contributed by atoms with Gasteiger partial charge in [0.05, 0.1) is 6.42 Å². The highest BCUT2D eigenvalue weighted by Crippen LogP contribution is 2.67. The van der Waals surface area contributed by atoms with E-state index < -0.39 is 90.1 Å². The first-order valence-corrected chi connectivity index (χ1v) is 9.11. The van der Waals surface area contributed by atoms with E-state index in [0.717, 1.165) is 0 Å². The van der Waals surface area contributed by atoms with Gasteiger partial charge in [-0.1, -0.05) is 0 Å². The summed E-state index contributed by atoms with van der Waals surface area (Å²) in [4.78, 5) is 10.1. The maximum atomic E-state index is 13.6. The molecule has 1 N–H and O–H groups in total. The Bertz CT molecular complexity index is 1000. The first kappa shape index (κ1) is 39.7. The second-order valence-corrected chi connectivity index (χ2v) is 7.84. The zero-order valence-corrected chi connectivity index (χ0v) is 18.2. The van der Waals surface area contributed by atoms with Crippen LogP contribution in [-0.2, 0) is 4.79 Å². The van der Waals surface area contributed by atoms with E-state index in [9.17, 15) is 115 Å². The average molecular weight is 692 g/mol. The van der Waals surface area contributed by atoms with Crippen molar-refractivity contribution in [3.8, 4) is 0 Å². The number of halogens is 25. The van der Waals surface area contributed by atoms with Crippen LogP contribution in [0.2, 0.25) is 0 Å². The summed E-state index contributed by atoms with van der Waals surface area (Å²) in [5, 5.41) is 8.01. The summed E-state index contributed by atoms with van der Waals surface area (Å²) in [6.07, 6.45) is -13.9. The van der Waals surface area contributed by atoms with Gasteiger partial charge in [0, 0.05) is 6.42 Å². The lowest BCUT2D eigenvalue weighted by Crippen LogP contribution is -2.78. The van der Waals surface area contributed by atoms with Crippen molar-refractivity contribution >= 4 is 5.97 Å². The number of aliphatic carboxylic acids is 1. The van der Waals surface area contributed by atoms with Crippen LogP contribution >= 0.6 is 0 Å². The molecule has 0 aliphatic rings. The molecule has 0 aliphatic heterocycles. The fraction of sp³-hybridized carbons (Fsp3) is 0.933. The van der Waals surface area contributed by atoms with Crippen molar-refractivity contribution in [1.82, 2.24) is 0 Å². The zero-order valence-electron chi connectivity index (χ0n) is 18.2. The molecule has 0 saturated heterocycles. The smallest absolute Gasteiger partial charge is 0.460 e. The van der Waals surface area contributed by atoms with E-state index in [0.29, 0.717) is 0 Å². The Hall–Kier alpha value is -2.28. The lowest BCUT2D eigenvalue weighted by molar-refractivity contribution is -0.482. The molecular formula is C15H5F25O2. The summed E-state index contributed by atoms with van der Waals surface area (Å²) in [5.74, 6) is -102. The number of hydrogen-bond acceptors (Lipinski definition) is 1. The number of carbonyl (C=O) groups is 1. The molecule has 42 heavy (non-hydrogen) atoms. The molecule has 252 valence electrons. The van der Waals surface area contributed by atoms with Gasteiger partial charge >= 0.3 is 77.3 Å². The quantitative estimate of drug-likeness (QED) is 0.197. The normalized spacial score (nSPS) is 16.6. The molecule has 0 fully saturated rings. The van der Waals surface area contributed by atoms with Crippen LogP contribution in [0.4, 0.5) is 110 Å². The molecule has 0 rings (SSSR count). The van der Waals surface area contributed by atoms with Gasteiger partial charge in [-0.2, -0.15) is 110 Å². The SMILES string of the molecule is O=C(O)CCC(F)(F)C(F)(F)C(F)(F)C(F)(F)C(F)(F)C(F)(F)C(F)(F)C(F)(F)C(F)(F)C(F)(F)C(F)(F)C(F)(F)F. The fourth-order valence-electron chi connectivity index (χ4n) is 2.41. The van der Waals surface area contributed by atoms with Crippen LogP contribution in [0, 0.1) is 0 Å². The van der Waals surface area contributed by atoms with Crippen LogP contribution in [0.5, 0.6) is 0 Å². The second kappa shape index (κ2) is 9.87. The minimum atomic E-state index is -9.64. The maximum Gasteiger partial charge on any atom is 0.460 e. The topological polar surface area (TPSA) is 37.3 Å². The number of carboxylic acids is 1. The summed E-state index contributed by atoms with van der Waals surface area (Å²) >= 11 is 0. The Morgan fingerprint density at radius 3 is 0.738 bits per heavy atom. The van der Waals surface area contributed by atoms with E-state index in [2.05, 4.69) is 0 Å². The molecular weight excluding hydrogens is 687 g/mol. The molecule has 0 saturated carbocycles. The van der Waals surface area contributed by atoms with E-state index in [1.54, 1.807) is 0 Å². The van der Waals surface area contributed by atoms with Gasteiger partial charge in [-0.05, 0) is 0 Å². The molecule has 0 amide bonds. The van der Waals surface area contributed by atoms with Gasteiger partial charge in [-0.25, -0.2) is 0 Å². The molecule has 0 radical (unpaired) electrons. The van der Waals surface area contributed by atoms with Crippen molar-refractivity contribution < 1.29 is 120 Å². The highest BCUT2D eigenvalue weighted by molar-refractivity contribution is 5.66. The zero-order chi connectivity index (χ0) is 35.0. The highest BCUT2D eigenvalue weighted by atomic mass is 19.4. The molecule has 27 heteroatoms. The highest BCUT2D eigenvalue weighted by Gasteiger charge is 2.99. The lowest BCUT2D eigenvalue weighted by atomic mass is 9.84. The predicted molar refractivity (Wildman–Crippen MR) is 77.3 cm³/mol. The van der Waals surface area contributed by atoms with Crippen molar-refractivity contribution in [3.63, 3.8) is 0 Å². The third kappa shape index (κ3) is 4.82. The monoisotopic (exact) mass is 692 g/mol. The summed E-state index contributed by atoms with van der Waals surface area (Å²) in [6.45, 7) is 0. The second-order valence-electron chi connectivity index (χ2n) is 7.84. The lowest BCUT2D eigenvalue weighted by Gasteiger charge is -2.45. The summed E-state index contributed by atoms with van der Waals surface area (Å²) < 4.78 is 330. The molecule has 0 aromatic carbocycles. The molecule has 0 bridgehead atoms. The van der Waals surface area contributed by atoms with E-state index in [-0.39, 0.29) is 0 Å². The molecule has 0 heterocycles. The number of hydrogen-bond donors (Lipinski definition) is 1. The maximum absolute atomic E-state index is 13.6. The van der Waals surface area contributed by atoms with Crippen LogP contribution in [0.1, 0.15) is 12.8 Å². The first-order chi connectivity index (χ1) is 17.7. The van der Waals surface area contributed by atoms with Crippen LogP contribution < -0.4 is 0 Å². The molecule has 0 aliphatic carbocycles. The number of rotatable bonds is 13. The van der Waals surface area contributed by atoms with Gasteiger partial charge in [0.1, 0.15) is 0 Å². The summed E-state index contributed by atoms with van der Waals surface area (Å²) in [6, 6.07) is 0. The standard InChI is InChI=1S/C15H5F25O2/c16-4(17,2-1-3(41)42)5(18,19)6(20,21)7(22,23)8(24,25)9(26,27)10(28,29)11(30,31)12(32,33)13(34,35)14(36,37)15(38,39)40/h1-2H2,(H,41,42). The van der Waals surface area contributed by atoms with E-state index in [1.807, 2.05) is 0 Å². The van der Waals surface area contributed by atoms with Crippen LogP contribution in [-0.4, -0.2) is 82.4 Å². The van der Waals surface area contributed by atoms with E-state index >= 15 is 0 Å². The van der Waals surface area contributed by atoms with Gasteiger partial charge in [-0.15, -0.1) is 0 Å². The Balaban J connectivity index is 7.27. The van der Waals surface area contributed by atoms with Crippen molar-refractivity contribution in [2.75, 3.05) is 0 Å². The van der Waals surface area contributed by atoms with Crippen LogP contribution in [0.25, 0.3) is 0 Å². The fourth-order valence-corrected chi connectivity index (χ4v) is 2.41. The number of carboxylic acid groups (broad SMARTS) is 1. The van der Waals surface area contributed by atoms with Crippen molar-refractivity contribution in [1.29, 1.82) is 0 Å². The first-order valence-electron chi connectivity index (χ1n) is 9.11. The average Bonchev–Trinajstić information content (AvgIpc) is 2.75. The largest absolute Gasteiger partial charge is 0.481 e. The Kier molecular flexibility index (Phi) is 9.33. The molecule has 0 aromatic rings. The Morgan fingerprint density at radius 1 is 0.357 bits per heavy atom. The molecule has 0 unspecified atom stereocenters. The van der Waals surface area contributed by atoms with E-state index in [4.69, 9.17) is 5.11 Å². The third-order valence-electron chi connectivity index (χ3n) is 5.02. The summed E-state index contributed by atoms with van der Waals surface area (Å²) in [7, 11) is 0. The van der Waals surface area contributed by atoms with Crippen molar-refractivity contribution in [2.45, 2.75) is 84.2 Å². The van der Waals surface area contributed by atoms with Gasteiger partial charge in [0.2, 0.25) is 0 Å². The van der Waals surface area contributed by atoms with Crippen molar-refractivity contribution in [3.05, 3.63) is 0 Å². The van der Waals surface area contributed by atoms with E-state index in [1.165, 1.54) is 0 Å². The van der Waals surface area contributed by atoms with Gasteiger partial charge in [0.15, 0.2) is 0 Å². The van der Waals surface area contributed by atoms with Gasteiger partial charge in [0.25, 0.3) is 0 Å². The Morgan fingerprint density at radius 2 is 0.548 bits per heavy atom.